The molecule has 21 heavy (non-hydrogen) atoms. The number of rotatable bonds is 1. The summed E-state index contributed by atoms with van der Waals surface area (Å²) in [5.41, 5.74) is 3.60. The molecule has 1 amide bonds. The van der Waals surface area contributed by atoms with Gasteiger partial charge in [0.15, 0.2) is 0 Å². The van der Waals surface area contributed by atoms with Crippen molar-refractivity contribution in [2.45, 2.75) is 13.3 Å². The van der Waals surface area contributed by atoms with E-state index < -0.39 is 0 Å². The first-order valence-electron chi connectivity index (χ1n) is 6.75. The highest BCUT2D eigenvalue weighted by Gasteiger charge is 2.26. The fourth-order valence-electron chi connectivity index (χ4n) is 2.58. The maximum absolute atomic E-state index is 12.7. The molecule has 1 aliphatic heterocycles. The van der Waals surface area contributed by atoms with E-state index in [-0.39, 0.29) is 5.91 Å². The maximum atomic E-state index is 12.7. The largest absolute Gasteiger partial charge is 0.411 e. The van der Waals surface area contributed by atoms with Crippen LogP contribution < -0.4 is 4.90 Å². The van der Waals surface area contributed by atoms with Crippen LogP contribution in [-0.4, -0.2) is 28.4 Å². The highest BCUT2D eigenvalue weighted by Crippen LogP contribution is 2.28. The van der Waals surface area contributed by atoms with Crippen molar-refractivity contribution in [1.29, 1.82) is 0 Å². The second-order valence-electron chi connectivity index (χ2n) is 4.96. The zero-order valence-electron chi connectivity index (χ0n) is 11.7. The molecule has 5 heteroatoms. The standard InChI is InChI=1S/C16H15N3O2/c1-11-10-12(6-8-17-11)16(20)19-9-7-14(18-21)13-4-2-3-5-15(13)19/h2-6,8,10,21H,7,9H2,1H3/b18-14-. The Morgan fingerprint density at radius 3 is 2.90 bits per heavy atom. The van der Waals surface area contributed by atoms with Crippen molar-refractivity contribution < 1.29 is 10.0 Å². The zero-order valence-corrected chi connectivity index (χ0v) is 11.7. The number of nitrogens with zero attached hydrogens (tertiary/aromatic N) is 3. The Morgan fingerprint density at radius 2 is 2.14 bits per heavy atom. The smallest absolute Gasteiger partial charge is 0.258 e. The fourth-order valence-corrected chi connectivity index (χ4v) is 2.58. The van der Waals surface area contributed by atoms with Crippen LogP contribution in [0.5, 0.6) is 0 Å². The van der Waals surface area contributed by atoms with Gasteiger partial charge in [0.1, 0.15) is 0 Å². The molecule has 0 spiro atoms. The second kappa shape index (κ2) is 5.36. The van der Waals surface area contributed by atoms with Crippen LogP contribution in [0.15, 0.2) is 47.8 Å². The zero-order chi connectivity index (χ0) is 14.8. The van der Waals surface area contributed by atoms with Crippen LogP contribution in [0.25, 0.3) is 0 Å². The summed E-state index contributed by atoms with van der Waals surface area (Å²) in [6, 6.07) is 11.0. The van der Waals surface area contributed by atoms with Gasteiger partial charge in [0, 0.05) is 36.0 Å². The number of fused-ring (bicyclic) bond motifs is 1. The van der Waals surface area contributed by atoms with E-state index in [2.05, 4.69) is 10.1 Å². The first-order valence-corrected chi connectivity index (χ1v) is 6.75. The molecule has 1 N–H and O–H groups in total. The van der Waals surface area contributed by atoms with E-state index in [1.807, 2.05) is 31.2 Å². The molecule has 3 rings (SSSR count). The number of oxime groups is 1. The molecular formula is C16H15N3O2. The van der Waals surface area contributed by atoms with Gasteiger partial charge in [-0.05, 0) is 25.1 Å². The van der Waals surface area contributed by atoms with Crippen LogP contribution in [0, 0.1) is 6.92 Å². The second-order valence-corrected chi connectivity index (χ2v) is 4.96. The molecule has 0 radical (unpaired) electrons. The Hall–Kier alpha value is -2.69. The van der Waals surface area contributed by atoms with Gasteiger partial charge in [0.2, 0.25) is 0 Å². The van der Waals surface area contributed by atoms with Crippen molar-refractivity contribution in [3.8, 4) is 0 Å². The number of benzene rings is 1. The molecule has 0 atom stereocenters. The highest BCUT2D eigenvalue weighted by molar-refractivity contribution is 6.14. The van der Waals surface area contributed by atoms with Gasteiger partial charge >= 0.3 is 0 Å². The Balaban J connectivity index is 2.02. The van der Waals surface area contributed by atoms with Crippen molar-refractivity contribution in [3.05, 3.63) is 59.4 Å². The lowest BCUT2D eigenvalue weighted by Gasteiger charge is -2.29. The van der Waals surface area contributed by atoms with Crippen molar-refractivity contribution in [2.24, 2.45) is 5.16 Å². The molecule has 0 fully saturated rings. The van der Waals surface area contributed by atoms with E-state index in [4.69, 9.17) is 5.21 Å². The van der Waals surface area contributed by atoms with Crippen LogP contribution in [0.3, 0.4) is 0 Å². The maximum Gasteiger partial charge on any atom is 0.258 e. The topological polar surface area (TPSA) is 65.8 Å². The molecule has 0 saturated carbocycles. The van der Waals surface area contributed by atoms with Gasteiger partial charge in [-0.1, -0.05) is 23.4 Å². The van der Waals surface area contributed by atoms with Gasteiger partial charge < -0.3 is 10.1 Å². The summed E-state index contributed by atoms with van der Waals surface area (Å²) in [5, 5.41) is 12.4. The van der Waals surface area contributed by atoms with E-state index in [1.54, 1.807) is 23.2 Å². The lowest BCUT2D eigenvalue weighted by atomic mass is 9.99. The summed E-state index contributed by atoms with van der Waals surface area (Å²) in [7, 11) is 0. The van der Waals surface area contributed by atoms with E-state index in [1.165, 1.54) is 0 Å². The minimum atomic E-state index is -0.0649. The quantitative estimate of drug-likeness (QED) is 0.645. The minimum Gasteiger partial charge on any atom is -0.411 e. The number of anilines is 1. The number of carbonyl (C=O) groups excluding carboxylic acids is 1. The van der Waals surface area contributed by atoms with Gasteiger partial charge in [0.25, 0.3) is 5.91 Å². The fraction of sp³-hybridized carbons (Fsp3) is 0.188. The average molecular weight is 281 g/mol. The number of pyridine rings is 1. The Labute approximate surface area is 122 Å². The number of carbonyl (C=O) groups is 1. The predicted molar refractivity (Wildman–Crippen MR) is 80.0 cm³/mol. The van der Waals surface area contributed by atoms with Gasteiger partial charge in [0.05, 0.1) is 11.4 Å². The van der Waals surface area contributed by atoms with Crippen molar-refractivity contribution in [1.82, 2.24) is 4.98 Å². The van der Waals surface area contributed by atoms with Gasteiger partial charge in [-0.25, -0.2) is 0 Å². The third kappa shape index (κ3) is 2.38. The van der Waals surface area contributed by atoms with Crippen LogP contribution >= 0.6 is 0 Å². The minimum absolute atomic E-state index is 0.0649. The lowest BCUT2D eigenvalue weighted by Crippen LogP contribution is -2.37. The molecule has 0 unspecified atom stereocenters. The number of hydrogen-bond acceptors (Lipinski definition) is 4. The SMILES string of the molecule is Cc1cc(C(=O)N2CC/C(=N/O)c3ccccc32)ccn1. The number of hydrogen-bond donors (Lipinski definition) is 1. The highest BCUT2D eigenvalue weighted by atomic mass is 16.4. The van der Waals surface area contributed by atoms with Crippen LogP contribution in [0.1, 0.15) is 28.0 Å². The third-order valence-corrected chi connectivity index (χ3v) is 3.59. The van der Waals surface area contributed by atoms with Gasteiger partial charge in [-0.2, -0.15) is 0 Å². The van der Waals surface area contributed by atoms with Crippen LogP contribution in [0.2, 0.25) is 0 Å². The Kier molecular flexibility index (Phi) is 3.39. The molecular weight excluding hydrogens is 266 g/mol. The molecule has 2 heterocycles. The average Bonchev–Trinajstić information content (AvgIpc) is 2.53. The summed E-state index contributed by atoms with van der Waals surface area (Å²) < 4.78 is 0. The molecule has 0 bridgehead atoms. The van der Waals surface area contributed by atoms with E-state index >= 15 is 0 Å². The summed E-state index contributed by atoms with van der Waals surface area (Å²) in [6.07, 6.45) is 2.17. The molecule has 1 aromatic carbocycles. The summed E-state index contributed by atoms with van der Waals surface area (Å²) in [4.78, 5) is 18.5. The molecule has 0 saturated heterocycles. The van der Waals surface area contributed by atoms with Crippen molar-refractivity contribution in [2.75, 3.05) is 11.4 Å². The molecule has 1 aromatic heterocycles. The van der Waals surface area contributed by atoms with Crippen LogP contribution in [-0.2, 0) is 0 Å². The molecule has 106 valence electrons. The van der Waals surface area contributed by atoms with Gasteiger partial charge in [-0.15, -0.1) is 0 Å². The lowest BCUT2D eigenvalue weighted by molar-refractivity contribution is 0.0986. The Bertz CT molecular complexity index is 725. The van der Waals surface area contributed by atoms with E-state index in [9.17, 15) is 4.79 Å². The number of aromatic nitrogens is 1. The van der Waals surface area contributed by atoms with Gasteiger partial charge in [-0.3, -0.25) is 9.78 Å². The Morgan fingerprint density at radius 1 is 1.33 bits per heavy atom. The number of para-hydroxylation sites is 1. The van der Waals surface area contributed by atoms with E-state index in [0.29, 0.717) is 24.2 Å². The van der Waals surface area contributed by atoms with E-state index in [0.717, 1.165) is 16.9 Å². The predicted octanol–water partition coefficient (Wildman–Crippen LogP) is 2.62. The number of amides is 1. The van der Waals surface area contributed by atoms with Crippen LogP contribution in [0.4, 0.5) is 5.69 Å². The van der Waals surface area contributed by atoms with Crippen molar-refractivity contribution in [3.63, 3.8) is 0 Å². The molecule has 0 aliphatic carbocycles. The summed E-state index contributed by atoms with van der Waals surface area (Å²) in [6.45, 7) is 2.36. The third-order valence-electron chi connectivity index (χ3n) is 3.59. The summed E-state index contributed by atoms with van der Waals surface area (Å²) in [5.74, 6) is -0.0649. The number of aryl methyl sites for hydroxylation is 1. The first kappa shape index (κ1) is 13.3. The summed E-state index contributed by atoms with van der Waals surface area (Å²) >= 11 is 0. The first-order chi connectivity index (χ1) is 10.2. The molecule has 5 nitrogen and oxygen atoms in total. The normalized spacial score (nSPS) is 15.9. The molecule has 2 aromatic rings. The van der Waals surface area contributed by atoms with Crippen molar-refractivity contribution >= 4 is 17.3 Å². The molecule has 1 aliphatic rings. The monoisotopic (exact) mass is 281 g/mol.